The minimum atomic E-state index is -0.294. The standard InChI is InChI=1S/C23H23ClN2O2/c24-20-10-6-18(7-11-20)16-28-22-12-8-17(9-13-22)14-19(15-25)23(27)26-21-4-2-1-3-5-21/h6-14,21H,1-5,16H2,(H,26,27)/b19-14+. The van der Waals surface area contributed by atoms with Crippen LogP contribution in [0.5, 0.6) is 5.75 Å². The van der Waals surface area contributed by atoms with Crippen LogP contribution in [0.25, 0.3) is 6.08 Å². The molecular formula is C23H23ClN2O2. The molecule has 0 bridgehead atoms. The Hall–Kier alpha value is -2.77. The zero-order chi connectivity index (χ0) is 19.8. The highest BCUT2D eigenvalue weighted by Gasteiger charge is 2.18. The Morgan fingerprint density at radius 3 is 2.43 bits per heavy atom. The number of benzene rings is 2. The van der Waals surface area contributed by atoms with Crippen molar-refractivity contribution in [2.75, 3.05) is 0 Å². The highest BCUT2D eigenvalue weighted by Crippen LogP contribution is 2.19. The van der Waals surface area contributed by atoms with Crippen LogP contribution in [0.2, 0.25) is 5.02 Å². The van der Waals surface area contributed by atoms with E-state index in [-0.39, 0.29) is 17.5 Å². The first kappa shape index (κ1) is 20.0. The Kier molecular flexibility index (Phi) is 7.11. The molecule has 0 heterocycles. The van der Waals surface area contributed by atoms with Crippen molar-refractivity contribution in [3.8, 4) is 11.8 Å². The molecular weight excluding hydrogens is 372 g/mol. The van der Waals surface area contributed by atoms with Crippen LogP contribution in [0.3, 0.4) is 0 Å². The molecule has 1 amide bonds. The minimum absolute atomic E-state index is 0.125. The van der Waals surface area contributed by atoms with E-state index in [1.54, 1.807) is 6.08 Å². The van der Waals surface area contributed by atoms with Gasteiger partial charge in [0, 0.05) is 11.1 Å². The van der Waals surface area contributed by atoms with Crippen molar-refractivity contribution in [1.82, 2.24) is 5.32 Å². The maximum absolute atomic E-state index is 12.4. The minimum Gasteiger partial charge on any atom is -0.489 e. The molecule has 4 nitrogen and oxygen atoms in total. The summed E-state index contributed by atoms with van der Waals surface area (Å²) in [6.45, 7) is 0.444. The van der Waals surface area contributed by atoms with Crippen LogP contribution >= 0.6 is 11.6 Å². The molecule has 0 aromatic heterocycles. The van der Waals surface area contributed by atoms with Gasteiger partial charge in [0.15, 0.2) is 0 Å². The van der Waals surface area contributed by atoms with Crippen LogP contribution in [0.4, 0.5) is 0 Å². The molecule has 0 atom stereocenters. The van der Waals surface area contributed by atoms with E-state index >= 15 is 0 Å². The van der Waals surface area contributed by atoms with E-state index < -0.39 is 0 Å². The van der Waals surface area contributed by atoms with Gasteiger partial charge in [-0.15, -0.1) is 0 Å². The number of carbonyl (C=O) groups excluding carboxylic acids is 1. The number of nitriles is 1. The third-order valence-electron chi connectivity index (χ3n) is 4.82. The molecule has 1 aliphatic rings. The molecule has 0 radical (unpaired) electrons. The fourth-order valence-corrected chi connectivity index (χ4v) is 3.36. The van der Waals surface area contributed by atoms with Crippen molar-refractivity contribution in [2.45, 2.75) is 44.8 Å². The Labute approximate surface area is 170 Å². The number of halogens is 1. The van der Waals surface area contributed by atoms with Crippen molar-refractivity contribution >= 4 is 23.6 Å². The number of hydrogen-bond acceptors (Lipinski definition) is 3. The number of hydrogen-bond donors (Lipinski definition) is 1. The highest BCUT2D eigenvalue weighted by atomic mass is 35.5. The van der Waals surface area contributed by atoms with Crippen molar-refractivity contribution in [3.63, 3.8) is 0 Å². The highest BCUT2D eigenvalue weighted by molar-refractivity contribution is 6.30. The summed E-state index contributed by atoms with van der Waals surface area (Å²) in [5, 5.41) is 13.0. The average molecular weight is 395 g/mol. The van der Waals surface area contributed by atoms with E-state index in [4.69, 9.17) is 16.3 Å². The Morgan fingerprint density at radius 1 is 1.11 bits per heavy atom. The summed E-state index contributed by atoms with van der Waals surface area (Å²) in [6.07, 6.45) is 7.08. The van der Waals surface area contributed by atoms with Gasteiger partial charge in [-0.1, -0.05) is 55.1 Å². The molecule has 0 unspecified atom stereocenters. The average Bonchev–Trinajstić information content (AvgIpc) is 2.73. The van der Waals surface area contributed by atoms with Gasteiger partial charge < -0.3 is 10.1 Å². The van der Waals surface area contributed by atoms with E-state index in [0.717, 1.165) is 42.6 Å². The van der Waals surface area contributed by atoms with Gasteiger partial charge in [-0.05, 0) is 54.3 Å². The molecule has 1 fully saturated rings. The van der Waals surface area contributed by atoms with E-state index in [9.17, 15) is 10.1 Å². The van der Waals surface area contributed by atoms with Gasteiger partial charge in [0.1, 0.15) is 24.0 Å². The summed E-state index contributed by atoms with van der Waals surface area (Å²) >= 11 is 5.88. The molecule has 1 N–H and O–H groups in total. The lowest BCUT2D eigenvalue weighted by atomic mass is 9.95. The third kappa shape index (κ3) is 5.87. The molecule has 28 heavy (non-hydrogen) atoms. The van der Waals surface area contributed by atoms with E-state index in [1.165, 1.54) is 6.42 Å². The van der Waals surface area contributed by atoms with Gasteiger partial charge in [-0.25, -0.2) is 0 Å². The fourth-order valence-electron chi connectivity index (χ4n) is 3.23. The van der Waals surface area contributed by atoms with Crippen LogP contribution in [0.15, 0.2) is 54.1 Å². The SMILES string of the molecule is N#C/C(=C\c1ccc(OCc2ccc(Cl)cc2)cc1)C(=O)NC1CCCCC1. The summed E-state index contributed by atoms with van der Waals surface area (Å²) in [6, 6.07) is 17.0. The number of rotatable bonds is 6. The predicted molar refractivity (Wildman–Crippen MR) is 111 cm³/mol. The molecule has 0 aliphatic heterocycles. The van der Waals surface area contributed by atoms with Gasteiger partial charge >= 0.3 is 0 Å². The van der Waals surface area contributed by atoms with Gasteiger partial charge in [0.2, 0.25) is 0 Å². The Balaban J connectivity index is 1.58. The van der Waals surface area contributed by atoms with Crippen molar-refractivity contribution in [1.29, 1.82) is 5.26 Å². The maximum atomic E-state index is 12.4. The summed E-state index contributed by atoms with van der Waals surface area (Å²) < 4.78 is 5.76. The smallest absolute Gasteiger partial charge is 0.262 e. The second-order valence-electron chi connectivity index (χ2n) is 6.96. The largest absolute Gasteiger partial charge is 0.489 e. The molecule has 1 saturated carbocycles. The lowest BCUT2D eigenvalue weighted by Gasteiger charge is -2.22. The van der Waals surface area contributed by atoms with E-state index in [2.05, 4.69) is 5.32 Å². The molecule has 2 aromatic rings. The lowest BCUT2D eigenvalue weighted by molar-refractivity contribution is -0.117. The number of carbonyl (C=O) groups is 1. The summed E-state index contributed by atoms with van der Waals surface area (Å²) in [5.74, 6) is 0.426. The van der Waals surface area contributed by atoms with Crippen molar-refractivity contribution in [2.24, 2.45) is 0 Å². The van der Waals surface area contributed by atoms with E-state index in [0.29, 0.717) is 11.6 Å². The second-order valence-corrected chi connectivity index (χ2v) is 7.40. The van der Waals surface area contributed by atoms with Crippen LogP contribution in [-0.4, -0.2) is 11.9 Å². The van der Waals surface area contributed by atoms with Gasteiger partial charge in [0.25, 0.3) is 5.91 Å². The normalized spacial score (nSPS) is 14.9. The van der Waals surface area contributed by atoms with Crippen molar-refractivity contribution < 1.29 is 9.53 Å². The quantitative estimate of drug-likeness (QED) is 0.535. The van der Waals surface area contributed by atoms with Crippen LogP contribution < -0.4 is 10.1 Å². The maximum Gasteiger partial charge on any atom is 0.262 e. The number of nitrogens with zero attached hydrogens (tertiary/aromatic N) is 1. The number of ether oxygens (including phenoxy) is 1. The second kappa shape index (κ2) is 9.96. The molecule has 2 aromatic carbocycles. The van der Waals surface area contributed by atoms with Gasteiger partial charge in [0.05, 0.1) is 0 Å². The molecule has 5 heteroatoms. The van der Waals surface area contributed by atoms with Crippen LogP contribution in [0, 0.1) is 11.3 Å². The van der Waals surface area contributed by atoms with Crippen LogP contribution in [0.1, 0.15) is 43.2 Å². The van der Waals surface area contributed by atoms with E-state index in [1.807, 2.05) is 54.6 Å². The number of amides is 1. The Bertz CT molecular complexity index is 861. The first-order valence-corrected chi connectivity index (χ1v) is 9.92. The first-order chi connectivity index (χ1) is 13.6. The molecule has 1 aliphatic carbocycles. The zero-order valence-corrected chi connectivity index (χ0v) is 16.4. The first-order valence-electron chi connectivity index (χ1n) is 9.54. The van der Waals surface area contributed by atoms with Crippen LogP contribution in [-0.2, 0) is 11.4 Å². The Morgan fingerprint density at radius 2 is 1.79 bits per heavy atom. The monoisotopic (exact) mass is 394 g/mol. The molecule has 144 valence electrons. The van der Waals surface area contributed by atoms with Gasteiger partial charge in [-0.3, -0.25) is 4.79 Å². The molecule has 0 spiro atoms. The third-order valence-corrected chi connectivity index (χ3v) is 5.07. The topological polar surface area (TPSA) is 62.1 Å². The lowest BCUT2D eigenvalue weighted by Crippen LogP contribution is -2.36. The fraction of sp³-hybridized carbons (Fsp3) is 0.304. The summed E-state index contributed by atoms with van der Waals surface area (Å²) in [7, 11) is 0. The van der Waals surface area contributed by atoms with Gasteiger partial charge in [-0.2, -0.15) is 5.26 Å². The predicted octanol–water partition coefficient (Wildman–Crippen LogP) is 5.27. The molecule has 0 saturated heterocycles. The number of nitrogens with one attached hydrogen (secondary N) is 1. The zero-order valence-electron chi connectivity index (χ0n) is 15.7. The molecule has 3 rings (SSSR count). The summed E-state index contributed by atoms with van der Waals surface area (Å²) in [5.41, 5.74) is 1.94. The summed E-state index contributed by atoms with van der Waals surface area (Å²) in [4.78, 5) is 12.4. The van der Waals surface area contributed by atoms with Crippen molar-refractivity contribution in [3.05, 3.63) is 70.3 Å².